The molecule has 3 nitrogen and oxygen atoms in total. The van der Waals surface area contributed by atoms with E-state index in [1.54, 1.807) is 6.20 Å². The predicted molar refractivity (Wildman–Crippen MR) is 65.0 cm³/mol. The normalized spacial score (nSPS) is 18.9. The summed E-state index contributed by atoms with van der Waals surface area (Å²) >= 11 is 0. The number of rotatable bonds is 1. The minimum atomic E-state index is 0.586. The Labute approximate surface area is 95.1 Å². The maximum absolute atomic E-state index is 4.25. The molecule has 0 saturated heterocycles. The Morgan fingerprint density at radius 2 is 2.38 bits per heavy atom. The quantitative estimate of drug-likeness (QED) is 0.789. The fraction of sp³-hybridized carbons (Fsp3) is 0.308. The highest BCUT2D eigenvalue weighted by molar-refractivity contribution is 5.57. The van der Waals surface area contributed by atoms with Crippen molar-refractivity contribution >= 4 is 5.69 Å². The van der Waals surface area contributed by atoms with Crippen LogP contribution in [-0.4, -0.2) is 15.8 Å². The summed E-state index contributed by atoms with van der Waals surface area (Å²) in [4.78, 5) is 0. The third-order valence-electron chi connectivity index (χ3n) is 3.11. The molecule has 3 heteroatoms. The number of hydrogen-bond donors (Lipinski definition) is 1. The molecule has 82 valence electrons. The van der Waals surface area contributed by atoms with E-state index in [0.29, 0.717) is 6.04 Å². The number of hydrogen-bond acceptors (Lipinski definition) is 2. The Hall–Kier alpha value is -1.77. The van der Waals surface area contributed by atoms with Crippen molar-refractivity contribution in [1.29, 1.82) is 0 Å². The Morgan fingerprint density at radius 3 is 3.19 bits per heavy atom. The number of nitrogens with zero attached hydrogens (tertiary/aromatic N) is 2. The SMILES string of the molecule is CC1CCc2cc(-n3cccn3)ccc2N1. The zero-order valence-corrected chi connectivity index (χ0v) is 9.35. The third-order valence-corrected chi connectivity index (χ3v) is 3.11. The molecule has 2 aromatic rings. The van der Waals surface area contributed by atoms with Crippen LogP contribution in [0.15, 0.2) is 36.7 Å². The van der Waals surface area contributed by atoms with Crippen molar-refractivity contribution in [3.05, 3.63) is 42.2 Å². The van der Waals surface area contributed by atoms with E-state index in [1.807, 2.05) is 16.9 Å². The molecule has 1 aliphatic heterocycles. The van der Waals surface area contributed by atoms with Crippen LogP contribution >= 0.6 is 0 Å². The lowest BCUT2D eigenvalue weighted by Gasteiger charge is -2.24. The van der Waals surface area contributed by atoms with Crippen LogP contribution < -0.4 is 5.32 Å². The van der Waals surface area contributed by atoms with Crippen LogP contribution in [0.25, 0.3) is 5.69 Å². The van der Waals surface area contributed by atoms with Gasteiger partial charge in [0.05, 0.1) is 5.69 Å². The average molecular weight is 213 g/mol. The van der Waals surface area contributed by atoms with E-state index in [-0.39, 0.29) is 0 Å². The molecule has 0 spiro atoms. The molecule has 1 atom stereocenters. The first-order valence-corrected chi connectivity index (χ1v) is 5.72. The van der Waals surface area contributed by atoms with Gasteiger partial charge in [0.25, 0.3) is 0 Å². The minimum absolute atomic E-state index is 0.586. The van der Waals surface area contributed by atoms with Crippen molar-refractivity contribution in [3.63, 3.8) is 0 Å². The van der Waals surface area contributed by atoms with Gasteiger partial charge in [0.15, 0.2) is 0 Å². The zero-order valence-electron chi connectivity index (χ0n) is 9.35. The van der Waals surface area contributed by atoms with Crippen LogP contribution in [0.3, 0.4) is 0 Å². The van der Waals surface area contributed by atoms with Crippen molar-refractivity contribution < 1.29 is 0 Å². The first-order valence-electron chi connectivity index (χ1n) is 5.72. The van der Waals surface area contributed by atoms with Gasteiger partial charge in [0.2, 0.25) is 0 Å². The van der Waals surface area contributed by atoms with Crippen molar-refractivity contribution in [1.82, 2.24) is 9.78 Å². The summed E-state index contributed by atoms with van der Waals surface area (Å²) in [6.07, 6.45) is 6.13. The molecule has 0 amide bonds. The summed E-state index contributed by atoms with van der Waals surface area (Å²) in [6.45, 7) is 2.23. The maximum Gasteiger partial charge on any atom is 0.0649 e. The maximum atomic E-state index is 4.25. The second-order valence-corrected chi connectivity index (χ2v) is 4.38. The van der Waals surface area contributed by atoms with Crippen molar-refractivity contribution in [2.45, 2.75) is 25.8 Å². The number of fused-ring (bicyclic) bond motifs is 1. The molecule has 0 bridgehead atoms. The second kappa shape index (κ2) is 3.67. The Kier molecular flexibility index (Phi) is 2.17. The van der Waals surface area contributed by atoms with Crippen LogP contribution in [0.5, 0.6) is 0 Å². The first kappa shape index (κ1) is 9.46. The highest BCUT2D eigenvalue weighted by atomic mass is 15.3. The van der Waals surface area contributed by atoms with Crippen molar-refractivity contribution in [3.8, 4) is 5.69 Å². The van der Waals surface area contributed by atoms with E-state index < -0.39 is 0 Å². The lowest BCUT2D eigenvalue weighted by atomic mass is 9.98. The lowest BCUT2D eigenvalue weighted by Crippen LogP contribution is -2.21. The molecule has 1 unspecified atom stereocenters. The number of benzene rings is 1. The van der Waals surface area contributed by atoms with E-state index in [0.717, 1.165) is 12.1 Å². The van der Waals surface area contributed by atoms with E-state index in [2.05, 4.69) is 35.5 Å². The molecule has 0 aliphatic carbocycles. The number of nitrogens with one attached hydrogen (secondary N) is 1. The van der Waals surface area contributed by atoms with Crippen LogP contribution in [-0.2, 0) is 6.42 Å². The predicted octanol–water partition coefficient (Wildman–Crippen LogP) is 2.62. The van der Waals surface area contributed by atoms with Crippen molar-refractivity contribution in [2.24, 2.45) is 0 Å². The van der Waals surface area contributed by atoms with E-state index in [1.165, 1.54) is 17.7 Å². The molecule has 16 heavy (non-hydrogen) atoms. The topological polar surface area (TPSA) is 29.9 Å². The van der Waals surface area contributed by atoms with Gasteiger partial charge < -0.3 is 5.32 Å². The van der Waals surface area contributed by atoms with Gasteiger partial charge in [-0.1, -0.05) is 0 Å². The average Bonchev–Trinajstić information content (AvgIpc) is 2.82. The molecular formula is C13H15N3. The summed E-state index contributed by atoms with van der Waals surface area (Å²) in [7, 11) is 0. The molecule has 1 aromatic carbocycles. The molecule has 0 saturated carbocycles. The van der Waals surface area contributed by atoms with Gasteiger partial charge in [-0.25, -0.2) is 4.68 Å². The summed E-state index contributed by atoms with van der Waals surface area (Å²) in [5.74, 6) is 0. The molecule has 0 radical (unpaired) electrons. The Balaban J connectivity index is 2.00. The third kappa shape index (κ3) is 1.58. The van der Waals surface area contributed by atoms with Gasteiger partial charge in [-0.3, -0.25) is 0 Å². The number of aryl methyl sites for hydroxylation is 1. The van der Waals surface area contributed by atoms with Gasteiger partial charge in [-0.2, -0.15) is 5.10 Å². The van der Waals surface area contributed by atoms with Gasteiger partial charge >= 0.3 is 0 Å². The molecule has 2 heterocycles. The highest BCUT2D eigenvalue weighted by Crippen LogP contribution is 2.26. The summed E-state index contributed by atoms with van der Waals surface area (Å²) in [5.41, 5.74) is 3.81. The monoisotopic (exact) mass is 213 g/mol. The fourth-order valence-electron chi connectivity index (χ4n) is 2.20. The van der Waals surface area contributed by atoms with Crippen LogP contribution in [0.4, 0.5) is 5.69 Å². The smallest absolute Gasteiger partial charge is 0.0649 e. The van der Waals surface area contributed by atoms with Gasteiger partial charge in [0.1, 0.15) is 0 Å². The molecular weight excluding hydrogens is 198 g/mol. The highest BCUT2D eigenvalue weighted by Gasteiger charge is 2.14. The molecule has 1 aliphatic rings. The summed E-state index contributed by atoms with van der Waals surface area (Å²) in [6, 6.07) is 9.02. The Bertz CT molecular complexity index is 488. The molecule has 0 fully saturated rings. The van der Waals surface area contributed by atoms with E-state index in [9.17, 15) is 0 Å². The zero-order chi connectivity index (χ0) is 11.0. The van der Waals surface area contributed by atoms with Crippen LogP contribution in [0.1, 0.15) is 18.9 Å². The fourth-order valence-corrected chi connectivity index (χ4v) is 2.20. The lowest BCUT2D eigenvalue weighted by molar-refractivity contribution is 0.680. The Morgan fingerprint density at radius 1 is 1.44 bits per heavy atom. The molecule has 1 N–H and O–H groups in total. The number of aromatic nitrogens is 2. The van der Waals surface area contributed by atoms with Gasteiger partial charge in [-0.15, -0.1) is 0 Å². The largest absolute Gasteiger partial charge is 0.382 e. The van der Waals surface area contributed by atoms with Gasteiger partial charge in [0, 0.05) is 24.1 Å². The summed E-state index contributed by atoms with van der Waals surface area (Å²) in [5, 5.41) is 7.75. The minimum Gasteiger partial charge on any atom is -0.382 e. The van der Waals surface area contributed by atoms with Gasteiger partial charge in [-0.05, 0) is 49.6 Å². The van der Waals surface area contributed by atoms with Crippen molar-refractivity contribution in [2.75, 3.05) is 5.32 Å². The molecule has 3 rings (SSSR count). The van der Waals surface area contributed by atoms with Crippen LogP contribution in [0, 0.1) is 0 Å². The standard InChI is InChI=1S/C13H15N3/c1-10-3-4-11-9-12(5-6-13(11)15-10)16-8-2-7-14-16/h2,5-10,15H,3-4H2,1H3. The van der Waals surface area contributed by atoms with E-state index >= 15 is 0 Å². The molecule has 1 aromatic heterocycles. The number of anilines is 1. The van der Waals surface area contributed by atoms with E-state index in [4.69, 9.17) is 0 Å². The summed E-state index contributed by atoms with van der Waals surface area (Å²) < 4.78 is 1.90. The van der Waals surface area contributed by atoms with Crippen LogP contribution in [0.2, 0.25) is 0 Å². The first-order chi connectivity index (χ1) is 7.83. The second-order valence-electron chi connectivity index (χ2n) is 4.38.